The molecule has 0 saturated heterocycles. The Balaban J connectivity index is 2.03. The molecule has 16 heavy (non-hydrogen) atoms. The van der Waals surface area contributed by atoms with Gasteiger partial charge in [0.05, 0.1) is 6.21 Å². The van der Waals surface area contributed by atoms with Gasteiger partial charge in [0.2, 0.25) is 0 Å². The fraction of sp³-hybridized carbons (Fsp3) is 0. The van der Waals surface area contributed by atoms with E-state index < -0.39 is 0 Å². The molecule has 4 N–H and O–H groups in total. The largest absolute Gasteiger partial charge is 0.504 e. The van der Waals surface area contributed by atoms with E-state index in [4.69, 9.17) is 5.11 Å². The van der Waals surface area contributed by atoms with Gasteiger partial charge in [-0.2, -0.15) is 10.3 Å². The standard InChI is InChI=1S/C8H8N6O2/c15-6-2-1-5(3-7(6)16)4-9-10-8-11-13-14-12-8/h1-4,15-16H,(H2,10,11,12,13,14)/b9-4+. The number of aromatic nitrogens is 4. The Bertz CT molecular complexity index is 495. The molecular formula is C8H8N6O2. The van der Waals surface area contributed by atoms with Crippen LogP contribution in [0.2, 0.25) is 0 Å². The zero-order valence-corrected chi connectivity index (χ0v) is 7.99. The number of phenolic OH excluding ortho intramolecular Hbond substituents is 2. The van der Waals surface area contributed by atoms with Gasteiger partial charge in [0.1, 0.15) is 0 Å². The van der Waals surface area contributed by atoms with Crippen LogP contribution in [0.4, 0.5) is 5.95 Å². The first-order valence-corrected chi connectivity index (χ1v) is 4.30. The summed E-state index contributed by atoms with van der Waals surface area (Å²) in [4.78, 5) is 0. The van der Waals surface area contributed by atoms with E-state index in [9.17, 15) is 5.11 Å². The number of benzene rings is 1. The van der Waals surface area contributed by atoms with Crippen molar-refractivity contribution in [2.45, 2.75) is 0 Å². The molecule has 2 rings (SSSR count). The summed E-state index contributed by atoms with van der Waals surface area (Å²) in [5.41, 5.74) is 3.13. The molecular weight excluding hydrogens is 212 g/mol. The Labute approximate surface area is 89.6 Å². The van der Waals surface area contributed by atoms with E-state index in [-0.39, 0.29) is 17.4 Å². The smallest absolute Gasteiger partial charge is 0.283 e. The summed E-state index contributed by atoms with van der Waals surface area (Å²) >= 11 is 0. The molecule has 1 aromatic carbocycles. The molecule has 2 aromatic rings. The summed E-state index contributed by atoms with van der Waals surface area (Å²) in [6.45, 7) is 0. The van der Waals surface area contributed by atoms with Gasteiger partial charge >= 0.3 is 0 Å². The summed E-state index contributed by atoms with van der Waals surface area (Å²) in [7, 11) is 0. The second-order valence-electron chi connectivity index (χ2n) is 2.85. The Morgan fingerprint density at radius 1 is 1.31 bits per heavy atom. The zero-order valence-electron chi connectivity index (χ0n) is 7.99. The molecule has 0 aliphatic rings. The SMILES string of the molecule is Oc1ccc(/C=N/Nc2nn[nH]n2)cc1O. The Morgan fingerprint density at radius 3 is 2.88 bits per heavy atom. The number of nitrogens with one attached hydrogen (secondary N) is 2. The Kier molecular flexibility index (Phi) is 2.63. The Hall–Kier alpha value is -2.64. The molecule has 0 aliphatic carbocycles. The lowest BCUT2D eigenvalue weighted by Gasteiger charge is -1.97. The highest BCUT2D eigenvalue weighted by atomic mass is 16.3. The third kappa shape index (κ3) is 2.23. The predicted molar refractivity (Wildman–Crippen MR) is 55.2 cm³/mol. The van der Waals surface area contributed by atoms with Gasteiger partial charge < -0.3 is 10.2 Å². The third-order valence-electron chi connectivity index (χ3n) is 1.72. The average molecular weight is 220 g/mol. The number of hydrogen-bond acceptors (Lipinski definition) is 7. The van der Waals surface area contributed by atoms with E-state index in [0.717, 1.165) is 0 Å². The minimum absolute atomic E-state index is 0.178. The van der Waals surface area contributed by atoms with Crippen molar-refractivity contribution < 1.29 is 10.2 Å². The van der Waals surface area contributed by atoms with Crippen LogP contribution < -0.4 is 5.43 Å². The number of aromatic hydroxyl groups is 2. The number of anilines is 1. The molecule has 0 radical (unpaired) electrons. The number of hydrazone groups is 1. The van der Waals surface area contributed by atoms with Crippen molar-refractivity contribution in [1.29, 1.82) is 0 Å². The first kappa shape index (κ1) is 9.90. The van der Waals surface area contributed by atoms with Gasteiger partial charge in [0.25, 0.3) is 5.95 Å². The van der Waals surface area contributed by atoms with Crippen LogP contribution in [0.25, 0.3) is 0 Å². The van der Waals surface area contributed by atoms with Gasteiger partial charge in [-0.1, -0.05) is 5.10 Å². The lowest BCUT2D eigenvalue weighted by molar-refractivity contribution is 0.403. The van der Waals surface area contributed by atoms with Crippen molar-refractivity contribution in [1.82, 2.24) is 20.6 Å². The molecule has 0 spiro atoms. The molecule has 1 aromatic heterocycles. The van der Waals surface area contributed by atoms with Gasteiger partial charge in [-0.15, -0.1) is 5.10 Å². The van der Waals surface area contributed by atoms with Crippen molar-refractivity contribution in [3.8, 4) is 11.5 Å². The monoisotopic (exact) mass is 220 g/mol. The van der Waals surface area contributed by atoms with Gasteiger partial charge in [-0.25, -0.2) is 5.43 Å². The molecule has 0 amide bonds. The molecule has 0 atom stereocenters. The molecule has 8 heteroatoms. The van der Waals surface area contributed by atoms with E-state index in [1.807, 2.05) is 0 Å². The molecule has 0 fully saturated rings. The zero-order chi connectivity index (χ0) is 11.4. The van der Waals surface area contributed by atoms with E-state index >= 15 is 0 Å². The number of hydrogen-bond donors (Lipinski definition) is 4. The van der Waals surface area contributed by atoms with Crippen LogP contribution in [-0.4, -0.2) is 37.1 Å². The molecule has 0 bridgehead atoms. The summed E-state index contributed by atoms with van der Waals surface area (Å²) in [5.74, 6) is -0.147. The maximum Gasteiger partial charge on any atom is 0.283 e. The molecule has 0 aliphatic heterocycles. The first-order valence-electron chi connectivity index (χ1n) is 4.30. The summed E-state index contributed by atoms with van der Waals surface area (Å²) in [6, 6.07) is 4.33. The third-order valence-corrected chi connectivity index (χ3v) is 1.72. The van der Waals surface area contributed by atoms with Crippen molar-refractivity contribution in [2.75, 3.05) is 5.43 Å². The number of aromatic amines is 1. The molecule has 0 unspecified atom stereocenters. The molecule has 1 heterocycles. The number of nitrogens with zero attached hydrogens (tertiary/aromatic N) is 4. The second kappa shape index (κ2) is 4.26. The lowest BCUT2D eigenvalue weighted by atomic mass is 10.2. The average Bonchev–Trinajstić information content (AvgIpc) is 2.76. The normalized spacial score (nSPS) is 10.8. The summed E-state index contributed by atoms with van der Waals surface area (Å²) in [6.07, 6.45) is 1.44. The van der Waals surface area contributed by atoms with Crippen LogP contribution in [0.5, 0.6) is 11.5 Å². The molecule has 8 nitrogen and oxygen atoms in total. The number of tetrazole rings is 1. The lowest BCUT2D eigenvalue weighted by Crippen LogP contribution is -1.92. The van der Waals surface area contributed by atoms with Crippen molar-refractivity contribution >= 4 is 12.2 Å². The van der Waals surface area contributed by atoms with Gasteiger partial charge in [-0.05, 0) is 29.0 Å². The van der Waals surface area contributed by atoms with Crippen molar-refractivity contribution in [3.63, 3.8) is 0 Å². The molecule has 82 valence electrons. The van der Waals surface area contributed by atoms with Gasteiger partial charge in [0.15, 0.2) is 11.5 Å². The topological polar surface area (TPSA) is 119 Å². The molecule has 0 saturated carbocycles. The van der Waals surface area contributed by atoms with Crippen LogP contribution in [0.1, 0.15) is 5.56 Å². The van der Waals surface area contributed by atoms with Gasteiger partial charge in [-0.3, -0.25) is 0 Å². The highest BCUT2D eigenvalue weighted by Crippen LogP contribution is 2.23. The van der Waals surface area contributed by atoms with Crippen LogP contribution in [0.3, 0.4) is 0 Å². The van der Waals surface area contributed by atoms with Crippen molar-refractivity contribution in [2.24, 2.45) is 5.10 Å². The minimum atomic E-state index is -0.205. The van der Waals surface area contributed by atoms with E-state index in [2.05, 4.69) is 31.2 Å². The van der Waals surface area contributed by atoms with E-state index in [0.29, 0.717) is 5.56 Å². The van der Waals surface area contributed by atoms with Crippen LogP contribution in [0, 0.1) is 0 Å². The number of H-pyrrole nitrogens is 1. The van der Waals surface area contributed by atoms with Crippen LogP contribution in [0.15, 0.2) is 23.3 Å². The fourth-order valence-electron chi connectivity index (χ4n) is 0.994. The predicted octanol–water partition coefficient (Wildman–Crippen LogP) is 0.0569. The van der Waals surface area contributed by atoms with Crippen LogP contribution >= 0.6 is 0 Å². The number of phenols is 2. The van der Waals surface area contributed by atoms with Crippen LogP contribution in [-0.2, 0) is 0 Å². The maximum absolute atomic E-state index is 9.21. The fourth-order valence-corrected chi connectivity index (χ4v) is 0.994. The second-order valence-corrected chi connectivity index (χ2v) is 2.85. The maximum atomic E-state index is 9.21. The summed E-state index contributed by atoms with van der Waals surface area (Å²) in [5, 5.41) is 34.9. The highest BCUT2D eigenvalue weighted by Gasteiger charge is 1.98. The van der Waals surface area contributed by atoms with Crippen molar-refractivity contribution in [3.05, 3.63) is 23.8 Å². The van der Waals surface area contributed by atoms with Gasteiger partial charge in [0, 0.05) is 0 Å². The first-order chi connectivity index (χ1) is 7.75. The van der Waals surface area contributed by atoms with E-state index in [1.165, 1.54) is 18.3 Å². The summed E-state index contributed by atoms with van der Waals surface area (Å²) < 4.78 is 0. The minimum Gasteiger partial charge on any atom is -0.504 e. The highest BCUT2D eigenvalue weighted by molar-refractivity contribution is 5.81. The number of rotatable bonds is 3. The van der Waals surface area contributed by atoms with E-state index in [1.54, 1.807) is 6.07 Å². The Morgan fingerprint density at radius 2 is 2.19 bits per heavy atom. The quantitative estimate of drug-likeness (QED) is 0.330.